The van der Waals surface area contributed by atoms with Crippen LogP contribution in [0, 0.1) is 0 Å². The number of ether oxygens (including phenoxy) is 1. The van der Waals surface area contributed by atoms with Gasteiger partial charge in [0.1, 0.15) is 5.75 Å². The summed E-state index contributed by atoms with van der Waals surface area (Å²) in [5.74, 6) is 0.705. The molecule has 160 valence electrons. The monoisotopic (exact) mass is 423 g/mol. The van der Waals surface area contributed by atoms with Crippen molar-refractivity contribution >= 4 is 21.8 Å². The highest BCUT2D eigenvalue weighted by Crippen LogP contribution is 2.21. The van der Waals surface area contributed by atoms with Gasteiger partial charge in [-0.3, -0.25) is 9.59 Å². The van der Waals surface area contributed by atoms with Gasteiger partial charge in [0, 0.05) is 52.1 Å². The molecule has 0 aromatic heterocycles. The molecule has 1 aromatic carbocycles. The molecule has 2 saturated heterocycles. The summed E-state index contributed by atoms with van der Waals surface area (Å²) in [7, 11) is -2.06. The molecule has 29 heavy (non-hydrogen) atoms. The molecular weight excluding hydrogens is 394 g/mol. The Hall–Kier alpha value is -2.13. The normalized spacial score (nSPS) is 19.1. The fraction of sp³-hybridized carbons (Fsp3) is 0.600. The van der Waals surface area contributed by atoms with E-state index in [4.69, 9.17) is 4.74 Å². The first-order chi connectivity index (χ1) is 13.9. The number of methoxy groups -OCH3 is 1. The van der Waals surface area contributed by atoms with Crippen molar-refractivity contribution in [1.29, 1.82) is 0 Å². The van der Waals surface area contributed by atoms with Crippen LogP contribution in [0.3, 0.4) is 0 Å². The number of hydrogen-bond donors (Lipinski definition) is 0. The van der Waals surface area contributed by atoms with Gasteiger partial charge in [0.2, 0.25) is 21.8 Å². The molecule has 2 aliphatic heterocycles. The van der Waals surface area contributed by atoms with Crippen LogP contribution >= 0.6 is 0 Å². The Morgan fingerprint density at radius 2 is 1.69 bits per heavy atom. The Kier molecular flexibility index (Phi) is 7.13. The largest absolute Gasteiger partial charge is 0.497 e. The minimum atomic E-state index is -3.59. The Morgan fingerprint density at radius 3 is 2.34 bits per heavy atom. The average molecular weight is 424 g/mol. The summed E-state index contributed by atoms with van der Waals surface area (Å²) in [4.78, 5) is 28.3. The number of hydrogen-bond acceptors (Lipinski definition) is 5. The quantitative estimate of drug-likeness (QED) is 0.689. The summed E-state index contributed by atoms with van der Waals surface area (Å²) in [5.41, 5.74) is 0. The predicted molar refractivity (Wildman–Crippen MR) is 108 cm³/mol. The van der Waals surface area contributed by atoms with E-state index >= 15 is 0 Å². The maximum atomic E-state index is 12.8. The molecule has 2 aliphatic rings. The summed E-state index contributed by atoms with van der Waals surface area (Å²) in [6.45, 7) is 2.43. The fourth-order valence-electron chi connectivity index (χ4n) is 3.74. The molecule has 2 amide bonds. The van der Waals surface area contributed by atoms with Crippen LogP contribution in [0.25, 0.3) is 0 Å². The Bertz CT molecular complexity index is 817. The fourth-order valence-corrected chi connectivity index (χ4v) is 5.16. The average Bonchev–Trinajstić information content (AvgIpc) is 2.96. The highest BCUT2D eigenvalue weighted by molar-refractivity contribution is 7.89. The summed E-state index contributed by atoms with van der Waals surface area (Å²) in [5, 5.41) is 0. The van der Waals surface area contributed by atoms with E-state index < -0.39 is 10.0 Å². The molecule has 0 radical (unpaired) electrons. The zero-order chi connectivity index (χ0) is 20.9. The number of nitrogens with zero attached hydrogens (tertiary/aromatic N) is 3. The summed E-state index contributed by atoms with van der Waals surface area (Å²) in [6, 6.07) is 6.31. The van der Waals surface area contributed by atoms with Crippen LogP contribution in [0.2, 0.25) is 0 Å². The van der Waals surface area contributed by atoms with E-state index in [2.05, 4.69) is 0 Å². The minimum absolute atomic E-state index is 0.0245. The van der Waals surface area contributed by atoms with E-state index in [0.29, 0.717) is 31.8 Å². The van der Waals surface area contributed by atoms with E-state index in [1.165, 1.54) is 23.5 Å². The van der Waals surface area contributed by atoms with Crippen LogP contribution in [-0.4, -0.2) is 80.7 Å². The molecule has 0 N–H and O–H groups in total. The Balaban J connectivity index is 1.51. The molecule has 3 rings (SSSR count). The molecule has 0 unspecified atom stereocenters. The lowest BCUT2D eigenvalue weighted by Crippen LogP contribution is -2.51. The van der Waals surface area contributed by atoms with Crippen LogP contribution < -0.4 is 4.74 Å². The highest BCUT2D eigenvalue weighted by Gasteiger charge is 2.30. The lowest BCUT2D eigenvalue weighted by atomic mass is 10.2. The zero-order valence-corrected chi connectivity index (χ0v) is 17.7. The molecule has 0 bridgehead atoms. The van der Waals surface area contributed by atoms with Gasteiger partial charge in [-0.15, -0.1) is 0 Å². The lowest BCUT2D eigenvalue weighted by molar-refractivity contribution is -0.134. The summed E-state index contributed by atoms with van der Waals surface area (Å²) >= 11 is 0. The maximum Gasteiger partial charge on any atom is 0.243 e. The van der Waals surface area contributed by atoms with Crippen molar-refractivity contribution in [2.24, 2.45) is 0 Å². The number of carbonyl (C=O) groups is 2. The van der Waals surface area contributed by atoms with Gasteiger partial charge in [-0.1, -0.05) is 6.42 Å². The smallest absolute Gasteiger partial charge is 0.243 e. The van der Waals surface area contributed by atoms with Crippen LogP contribution in [0.4, 0.5) is 0 Å². The van der Waals surface area contributed by atoms with Gasteiger partial charge in [-0.05, 0) is 37.1 Å². The third-order valence-electron chi connectivity index (χ3n) is 5.56. The van der Waals surface area contributed by atoms with Gasteiger partial charge < -0.3 is 14.5 Å². The van der Waals surface area contributed by atoms with Crippen LogP contribution in [0.15, 0.2) is 29.2 Å². The molecule has 2 heterocycles. The molecule has 1 aromatic rings. The first-order valence-electron chi connectivity index (χ1n) is 10.1. The SMILES string of the molecule is COc1ccc(S(=O)(=O)N2CCN(C(=O)CCN3CCCCCC3=O)CC2)cc1. The van der Waals surface area contributed by atoms with Gasteiger partial charge in [0.05, 0.1) is 12.0 Å². The second-order valence-corrected chi connectivity index (χ2v) is 9.34. The molecule has 2 fully saturated rings. The van der Waals surface area contributed by atoms with E-state index in [1.807, 2.05) is 0 Å². The van der Waals surface area contributed by atoms with Crippen LogP contribution in [0.1, 0.15) is 32.1 Å². The molecule has 8 nitrogen and oxygen atoms in total. The second-order valence-electron chi connectivity index (χ2n) is 7.40. The van der Waals surface area contributed by atoms with Gasteiger partial charge in [0.15, 0.2) is 0 Å². The maximum absolute atomic E-state index is 12.8. The first kappa shape index (κ1) is 21.6. The van der Waals surface area contributed by atoms with E-state index in [-0.39, 0.29) is 36.2 Å². The van der Waals surface area contributed by atoms with Gasteiger partial charge >= 0.3 is 0 Å². The lowest BCUT2D eigenvalue weighted by Gasteiger charge is -2.34. The van der Waals surface area contributed by atoms with Gasteiger partial charge in [0.25, 0.3) is 0 Å². The third-order valence-corrected chi connectivity index (χ3v) is 7.47. The van der Waals surface area contributed by atoms with Crippen molar-refractivity contribution in [3.05, 3.63) is 24.3 Å². The standard InChI is InChI=1S/C20H29N3O5S/c1-28-17-6-8-18(9-7-17)29(26,27)23-15-13-22(14-16-23)20(25)10-12-21-11-4-2-3-5-19(21)24/h6-9H,2-5,10-16H2,1H3. The number of likely N-dealkylation sites (tertiary alicyclic amines) is 1. The van der Waals surface area contributed by atoms with Crippen molar-refractivity contribution in [2.45, 2.75) is 37.0 Å². The number of carbonyl (C=O) groups excluding carboxylic acids is 2. The van der Waals surface area contributed by atoms with Gasteiger partial charge in [-0.25, -0.2) is 8.42 Å². The molecule has 0 atom stereocenters. The number of benzene rings is 1. The van der Waals surface area contributed by atoms with Crippen molar-refractivity contribution in [2.75, 3.05) is 46.4 Å². The Morgan fingerprint density at radius 1 is 1.00 bits per heavy atom. The highest BCUT2D eigenvalue weighted by atomic mass is 32.2. The minimum Gasteiger partial charge on any atom is -0.497 e. The molecule has 0 spiro atoms. The van der Waals surface area contributed by atoms with Crippen LogP contribution in [-0.2, 0) is 19.6 Å². The Labute approximate surface area is 172 Å². The van der Waals surface area contributed by atoms with Crippen molar-refractivity contribution < 1.29 is 22.7 Å². The van der Waals surface area contributed by atoms with Crippen LogP contribution in [0.5, 0.6) is 5.75 Å². The summed E-state index contributed by atoms with van der Waals surface area (Å²) < 4.78 is 32.1. The molecule has 0 aliphatic carbocycles. The van der Waals surface area contributed by atoms with E-state index in [1.54, 1.807) is 21.9 Å². The van der Waals surface area contributed by atoms with Crippen molar-refractivity contribution in [1.82, 2.24) is 14.1 Å². The van der Waals surface area contributed by atoms with E-state index in [9.17, 15) is 18.0 Å². The number of piperazine rings is 1. The van der Waals surface area contributed by atoms with E-state index in [0.717, 1.165) is 25.8 Å². The third kappa shape index (κ3) is 5.27. The van der Waals surface area contributed by atoms with Crippen molar-refractivity contribution in [3.8, 4) is 5.75 Å². The predicted octanol–water partition coefficient (Wildman–Crippen LogP) is 1.32. The first-order valence-corrected chi connectivity index (χ1v) is 11.6. The topological polar surface area (TPSA) is 87.2 Å². The summed E-state index contributed by atoms with van der Waals surface area (Å²) in [6.07, 6.45) is 3.82. The van der Waals surface area contributed by atoms with Gasteiger partial charge in [-0.2, -0.15) is 4.31 Å². The molecule has 9 heteroatoms. The van der Waals surface area contributed by atoms with Crippen molar-refractivity contribution in [3.63, 3.8) is 0 Å². The zero-order valence-electron chi connectivity index (χ0n) is 16.9. The second kappa shape index (κ2) is 9.58. The number of rotatable bonds is 6. The molecule has 0 saturated carbocycles. The number of sulfonamides is 1. The number of amides is 2. The molecular formula is C20H29N3O5S.